The van der Waals surface area contributed by atoms with Gasteiger partial charge in [-0.25, -0.2) is 4.79 Å². The number of ether oxygens (including phenoxy) is 1. The van der Waals surface area contributed by atoms with E-state index in [1.54, 1.807) is 24.4 Å². The minimum absolute atomic E-state index is 0.374. The summed E-state index contributed by atoms with van der Waals surface area (Å²) in [5.74, 6) is -0.516. The molecule has 0 saturated heterocycles. The molecule has 2 rings (SSSR count). The number of hydrogen-bond acceptors (Lipinski definition) is 3. The lowest BCUT2D eigenvalue weighted by atomic mass is 10.1. The quantitative estimate of drug-likeness (QED) is 0.911. The van der Waals surface area contributed by atoms with E-state index in [1.165, 1.54) is 0 Å². The predicted octanol–water partition coefficient (Wildman–Crippen LogP) is 2.66. The third-order valence-electron chi connectivity index (χ3n) is 2.41. The molecule has 1 N–H and O–H groups in total. The van der Waals surface area contributed by atoms with Gasteiger partial charge in [0.05, 0.1) is 5.52 Å². The first-order chi connectivity index (χ1) is 8.09. The predicted molar refractivity (Wildman–Crippen MR) is 64.6 cm³/mol. The second-order valence-corrected chi connectivity index (χ2v) is 3.97. The van der Waals surface area contributed by atoms with Gasteiger partial charge in [0.25, 0.3) is 0 Å². The summed E-state index contributed by atoms with van der Waals surface area (Å²) in [5.41, 5.74) is 1.57. The summed E-state index contributed by atoms with van der Waals surface area (Å²) in [5, 5.41) is 9.97. The van der Waals surface area contributed by atoms with Crippen LogP contribution in [0.5, 0.6) is 5.75 Å². The van der Waals surface area contributed by atoms with Crippen LogP contribution in [0.1, 0.15) is 5.56 Å². The van der Waals surface area contributed by atoms with Crippen molar-refractivity contribution in [1.29, 1.82) is 0 Å². The van der Waals surface area contributed by atoms with Gasteiger partial charge in [-0.15, -0.1) is 0 Å². The first-order valence-corrected chi connectivity index (χ1v) is 5.36. The summed E-state index contributed by atoms with van der Waals surface area (Å²) >= 11 is 5.99. The number of benzene rings is 1. The summed E-state index contributed by atoms with van der Waals surface area (Å²) in [4.78, 5) is 14.7. The number of halogens is 1. The van der Waals surface area contributed by atoms with Crippen molar-refractivity contribution in [1.82, 2.24) is 4.98 Å². The van der Waals surface area contributed by atoms with Crippen LogP contribution in [-0.4, -0.2) is 22.7 Å². The molecule has 0 bridgehead atoms. The molecule has 0 spiro atoms. The topological polar surface area (TPSA) is 59.4 Å². The number of carbonyl (C=O) groups is 1. The van der Waals surface area contributed by atoms with Gasteiger partial charge >= 0.3 is 5.97 Å². The van der Waals surface area contributed by atoms with E-state index in [9.17, 15) is 4.79 Å². The van der Waals surface area contributed by atoms with Crippen LogP contribution in [0.2, 0.25) is 5.02 Å². The number of nitrogens with zero attached hydrogens (tertiary/aromatic N) is 1. The van der Waals surface area contributed by atoms with E-state index >= 15 is 0 Å². The van der Waals surface area contributed by atoms with Crippen LogP contribution in [0.4, 0.5) is 0 Å². The molecule has 0 atom stereocenters. The van der Waals surface area contributed by atoms with Crippen molar-refractivity contribution in [3.05, 3.63) is 35.0 Å². The zero-order chi connectivity index (χ0) is 12.4. The highest BCUT2D eigenvalue weighted by Crippen LogP contribution is 2.29. The summed E-state index contributed by atoms with van der Waals surface area (Å²) in [6, 6.07) is 5.15. The molecule has 4 nitrogen and oxygen atoms in total. The molecule has 88 valence electrons. The number of hydrogen-bond donors (Lipinski definition) is 1. The van der Waals surface area contributed by atoms with Crippen LogP contribution in [0.3, 0.4) is 0 Å². The zero-order valence-electron chi connectivity index (χ0n) is 9.11. The molecule has 17 heavy (non-hydrogen) atoms. The molecule has 1 aromatic heterocycles. The monoisotopic (exact) mass is 251 g/mol. The summed E-state index contributed by atoms with van der Waals surface area (Å²) in [6.07, 6.45) is 1.57. The van der Waals surface area contributed by atoms with Crippen LogP contribution in [0.15, 0.2) is 24.4 Å². The van der Waals surface area contributed by atoms with Crippen LogP contribution >= 0.6 is 11.6 Å². The molecular formula is C12H10ClNO3. The minimum Gasteiger partial charge on any atom is -0.481 e. The fourth-order valence-corrected chi connectivity index (χ4v) is 1.73. The maximum Gasteiger partial charge on any atom is 0.341 e. The van der Waals surface area contributed by atoms with E-state index < -0.39 is 5.97 Å². The summed E-state index contributed by atoms with van der Waals surface area (Å²) < 4.78 is 5.19. The molecule has 0 radical (unpaired) electrons. The van der Waals surface area contributed by atoms with Gasteiger partial charge in [-0.05, 0) is 30.7 Å². The van der Waals surface area contributed by atoms with Gasteiger partial charge < -0.3 is 9.84 Å². The van der Waals surface area contributed by atoms with Crippen LogP contribution in [0, 0.1) is 6.92 Å². The number of pyridine rings is 1. The second kappa shape index (κ2) is 4.59. The van der Waals surface area contributed by atoms with Crippen LogP contribution in [0.25, 0.3) is 10.9 Å². The van der Waals surface area contributed by atoms with Gasteiger partial charge in [0.15, 0.2) is 6.61 Å². The van der Waals surface area contributed by atoms with Crippen molar-refractivity contribution in [2.75, 3.05) is 6.61 Å². The normalized spacial score (nSPS) is 10.5. The standard InChI is InChI=1S/C12H10ClNO3/c1-7-9(13)3-2-8-10(17-6-11(15)16)4-5-14-12(7)8/h2-5H,6H2,1H3,(H,15,16). The van der Waals surface area contributed by atoms with Crippen molar-refractivity contribution in [2.45, 2.75) is 6.92 Å². The molecular weight excluding hydrogens is 242 g/mol. The van der Waals surface area contributed by atoms with Crippen LogP contribution < -0.4 is 4.74 Å². The Morgan fingerprint density at radius 1 is 1.47 bits per heavy atom. The second-order valence-electron chi connectivity index (χ2n) is 3.56. The smallest absolute Gasteiger partial charge is 0.341 e. The Bertz CT molecular complexity index is 583. The highest BCUT2D eigenvalue weighted by atomic mass is 35.5. The van der Waals surface area contributed by atoms with Crippen molar-refractivity contribution >= 4 is 28.5 Å². The number of aliphatic carboxylic acids is 1. The van der Waals surface area contributed by atoms with Gasteiger partial charge in [-0.3, -0.25) is 4.98 Å². The Kier molecular flexibility index (Phi) is 3.15. The van der Waals surface area contributed by atoms with Crippen molar-refractivity contribution in [2.24, 2.45) is 0 Å². The Balaban J connectivity index is 2.51. The number of carboxylic acids is 1. The minimum atomic E-state index is -1.01. The largest absolute Gasteiger partial charge is 0.481 e. The molecule has 1 aromatic carbocycles. The molecule has 0 fully saturated rings. The Morgan fingerprint density at radius 2 is 2.24 bits per heavy atom. The van der Waals surface area contributed by atoms with E-state index in [0.717, 1.165) is 16.5 Å². The Hall–Kier alpha value is -1.81. The average molecular weight is 252 g/mol. The molecule has 5 heteroatoms. The summed E-state index contributed by atoms with van der Waals surface area (Å²) in [7, 11) is 0. The van der Waals surface area contributed by atoms with E-state index in [-0.39, 0.29) is 6.61 Å². The molecule has 0 amide bonds. The van der Waals surface area contributed by atoms with E-state index in [2.05, 4.69) is 4.98 Å². The van der Waals surface area contributed by atoms with Crippen molar-refractivity contribution < 1.29 is 14.6 Å². The molecule has 0 aliphatic rings. The molecule has 0 aliphatic carbocycles. The van der Waals surface area contributed by atoms with E-state index in [4.69, 9.17) is 21.4 Å². The number of aryl methyl sites for hydroxylation is 1. The number of rotatable bonds is 3. The zero-order valence-corrected chi connectivity index (χ0v) is 9.86. The Labute approximate surface area is 103 Å². The van der Waals surface area contributed by atoms with E-state index in [1.807, 2.05) is 6.92 Å². The summed E-state index contributed by atoms with van der Waals surface area (Å²) in [6.45, 7) is 1.49. The number of fused-ring (bicyclic) bond motifs is 1. The number of aromatic nitrogens is 1. The number of carboxylic acid groups (broad SMARTS) is 1. The highest BCUT2D eigenvalue weighted by Gasteiger charge is 2.08. The Morgan fingerprint density at radius 3 is 2.94 bits per heavy atom. The fourth-order valence-electron chi connectivity index (χ4n) is 1.58. The molecule has 0 aliphatic heterocycles. The van der Waals surface area contributed by atoms with Crippen molar-refractivity contribution in [3.8, 4) is 5.75 Å². The van der Waals surface area contributed by atoms with Gasteiger partial charge in [0, 0.05) is 16.6 Å². The lowest BCUT2D eigenvalue weighted by molar-refractivity contribution is -0.139. The fraction of sp³-hybridized carbons (Fsp3) is 0.167. The van der Waals surface area contributed by atoms with E-state index in [0.29, 0.717) is 10.8 Å². The van der Waals surface area contributed by atoms with Gasteiger partial charge in [0.2, 0.25) is 0 Å². The van der Waals surface area contributed by atoms with Gasteiger partial charge in [0.1, 0.15) is 5.75 Å². The first-order valence-electron chi connectivity index (χ1n) is 4.98. The highest BCUT2D eigenvalue weighted by molar-refractivity contribution is 6.32. The lowest BCUT2D eigenvalue weighted by Crippen LogP contribution is -2.09. The molecule has 0 saturated carbocycles. The van der Waals surface area contributed by atoms with Crippen LogP contribution in [-0.2, 0) is 4.79 Å². The van der Waals surface area contributed by atoms with Crippen molar-refractivity contribution in [3.63, 3.8) is 0 Å². The SMILES string of the molecule is Cc1c(Cl)ccc2c(OCC(=O)O)ccnc12. The molecule has 2 aromatic rings. The maximum atomic E-state index is 10.5. The van der Waals surface area contributed by atoms with Gasteiger partial charge in [-0.2, -0.15) is 0 Å². The maximum absolute atomic E-state index is 10.5. The molecule has 1 heterocycles. The third kappa shape index (κ3) is 2.31. The molecule has 0 unspecified atom stereocenters. The lowest BCUT2D eigenvalue weighted by Gasteiger charge is -2.09. The third-order valence-corrected chi connectivity index (χ3v) is 2.82. The first kappa shape index (κ1) is 11.7. The van der Waals surface area contributed by atoms with Gasteiger partial charge in [-0.1, -0.05) is 11.6 Å². The average Bonchev–Trinajstić information content (AvgIpc) is 2.31.